The Hall–Kier alpha value is -1.84. The van der Waals surface area contributed by atoms with E-state index < -0.39 is 6.10 Å². The van der Waals surface area contributed by atoms with Gasteiger partial charge in [0.2, 0.25) is 0 Å². The Morgan fingerprint density at radius 1 is 1.04 bits per heavy atom. The minimum absolute atomic E-state index is 0.223. The van der Waals surface area contributed by atoms with Gasteiger partial charge in [-0.1, -0.05) is 55.8 Å². The number of hydrogen-bond donors (Lipinski definition) is 2. The average Bonchev–Trinajstić information content (AvgIpc) is 2.61. The van der Waals surface area contributed by atoms with Crippen molar-refractivity contribution < 1.29 is 9.84 Å². The van der Waals surface area contributed by atoms with Gasteiger partial charge in [0, 0.05) is 19.0 Å². The summed E-state index contributed by atoms with van der Waals surface area (Å²) in [5, 5.41) is 14.1. The second-order valence-electron chi connectivity index (χ2n) is 5.88. The fraction of sp³-hybridized carbons (Fsp3) is 0.400. The molecule has 0 heterocycles. The molecule has 0 unspecified atom stereocenters. The van der Waals surface area contributed by atoms with Gasteiger partial charge in [-0.3, -0.25) is 0 Å². The smallest absolute Gasteiger partial charge is 0.118 e. The van der Waals surface area contributed by atoms with Crippen LogP contribution in [0.25, 0.3) is 0 Å². The van der Waals surface area contributed by atoms with E-state index in [4.69, 9.17) is 4.74 Å². The molecule has 2 rings (SSSR count). The van der Waals surface area contributed by atoms with Gasteiger partial charge in [0.15, 0.2) is 0 Å². The molecule has 0 fully saturated rings. The van der Waals surface area contributed by atoms with Gasteiger partial charge in [-0.25, -0.2) is 0 Å². The Bertz CT molecular complexity index is 554. The number of aliphatic hydroxyl groups excluding tert-OH is 1. The van der Waals surface area contributed by atoms with Gasteiger partial charge in [0.25, 0.3) is 0 Å². The summed E-state index contributed by atoms with van der Waals surface area (Å²) >= 11 is 0. The second-order valence-corrected chi connectivity index (χ2v) is 5.88. The molecule has 0 aliphatic rings. The van der Waals surface area contributed by atoms with E-state index in [1.807, 2.05) is 42.5 Å². The monoisotopic (exact) mass is 313 g/mol. The van der Waals surface area contributed by atoms with Gasteiger partial charge in [0.05, 0.1) is 13.2 Å². The minimum Gasteiger partial charge on any atom is -0.497 e. The van der Waals surface area contributed by atoms with Gasteiger partial charge < -0.3 is 15.2 Å². The van der Waals surface area contributed by atoms with Gasteiger partial charge in [0.1, 0.15) is 5.75 Å². The summed E-state index contributed by atoms with van der Waals surface area (Å²) in [5.41, 5.74) is 2.22. The maximum Gasteiger partial charge on any atom is 0.118 e. The lowest BCUT2D eigenvalue weighted by Gasteiger charge is -2.23. The molecule has 2 aromatic rings. The summed E-state index contributed by atoms with van der Waals surface area (Å²) in [5.74, 6) is 1.10. The van der Waals surface area contributed by atoms with Gasteiger partial charge in [-0.15, -0.1) is 0 Å². The summed E-state index contributed by atoms with van der Waals surface area (Å²) in [7, 11) is 1.67. The maximum atomic E-state index is 10.6. The summed E-state index contributed by atoms with van der Waals surface area (Å²) in [6.45, 7) is 3.76. The van der Waals surface area contributed by atoms with E-state index in [1.165, 1.54) is 5.56 Å². The molecule has 3 heteroatoms. The summed E-state index contributed by atoms with van der Waals surface area (Å²) in [6.07, 6.45) is 1.66. The molecule has 124 valence electrons. The first kappa shape index (κ1) is 17.5. The Morgan fingerprint density at radius 2 is 1.74 bits per heavy atom. The Balaban J connectivity index is 1.88. The van der Waals surface area contributed by atoms with Crippen LogP contribution in [0.4, 0.5) is 0 Å². The first-order chi connectivity index (χ1) is 11.2. The quantitative estimate of drug-likeness (QED) is 0.737. The molecule has 2 atom stereocenters. The fourth-order valence-electron chi connectivity index (χ4n) is 2.81. The molecule has 0 spiro atoms. The molecule has 0 aliphatic carbocycles. The number of methoxy groups -OCH3 is 1. The third-order valence-corrected chi connectivity index (χ3v) is 4.14. The minimum atomic E-state index is -0.417. The van der Waals surface area contributed by atoms with Crippen molar-refractivity contribution in [2.24, 2.45) is 5.92 Å². The van der Waals surface area contributed by atoms with Crippen LogP contribution in [0.15, 0.2) is 54.6 Å². The van der Waals surface area contributed by atoms with Crippen molar-refractivity contribution in [1.29, 1.82) is 0 Å². The predicted molar refractivity (Wildman–Crippen MR) is 94.5 cm³/mol. The topological polar surface area (TPSA) is 41.5 Å². The molecular weight excluding hydrogens is 286 g/mol. The number of ether oxygens (including phenoxy) is 1. The fourth-order valence-corrected chi connectivity index (χ4v) is 2.81. The zero-order valence-corrected chi connectivity index (χ0v) is 14.0. The molecule has 0 aliphatic heterocycles. The van der Waals surface area contributed by atoms with Crippen LogP contribution in [-0.4, -0.2) is 18.8 Å². The number of aliphatic hydroxyl groups is 1. The summed E-state index contributed by atoms with van der Waals surface area (Å²) < 4.78 is 5.17. The molecule has 3 nitrogen and oxygen atoms in total. The van der Waals surface area contributed by atoms with E-state index in [0.717, 1.165) is 37.2 Å². The highest BCUT2D eigenvalue weighted by Gasteiger charge is 2.19. The standard InChI is InChI=1S/C20H27NO2/c1-3-7-18(20(22)17-8-5-4-6-9-17)15-21-14-16-10-12-19(23-2)13-11-16/h4-6,8-13,18,20-22H,3,7,14-15H2,1-2H3/t18-,20+/m1/s1. The lowest BCUT2D eigenvalue weighted by atomic mass is 9.91. The van der Waals surface area contributed by atoms with E-state index in [-0.39, 0.29) is 5.92 Å². The number of benzene rings is 2. The molecule has 0 aromatic heterocycles. The van der Waals surface area contributed by atoms with Crippen LogP contribution in [-0.2, 0) is 6.54 Å². The number of rotatable bonds is 9. The number of nitrogens with one attached hydrogen (secondary N) is 1. The molecule has 0 saturated carbocycles. The largest absolute Gasteiger partial charge is 0.497 e. The molecule has 23 heavy (non-hydrogen) atoms. The second kappa shape index (κ2) is 9.33. The van der Waals surface area contributed by atoms with Crippen LogP contribution in [0.2, 0.25) is 0 Å². The highest BCUT2D eigenvalue weighted by molar-refractivity contribution is 5.27. The first-order valence-corrected chi connectivity index (χ1v) is 8.31. The van der Waals surface area contributed by atoms with Crippen LogP contribution in [0.1, 0.15) is 37.0 Å². The van der Waals surface area contributed by atoms with Gasteiger partial charge in [-0.2, -0.15) is 0 Å². The van der Waals surface area contributed by atoms with Crippen LogP contribution in [0.3, 0.4) is 0 Å². The highest BCUT2D eigenvalue weighted by Crippen LogP contribution is 2.25. The van der Waals surface area contributed by atoms with E-state index in [2.05, 4.69) is 24.4 Å². The lowest BCUT2D eigenvalue weighted by Crippen LogP contribution is -2.27. The lowest BCUT2D eigenvalue weighted by molar-refractivity contribution is 0.101. The summed E-state index contributed by atoms with van der Waals surface area (Å²) in [4.78, 5) is 0. The molecule has 0 amide bonds. The van der Waals surface area contributed by atoms with Crippen molar-refractivity contribution >= 4 is 0 Å². The molecule has 0 radical (unpaired) electrons. The molecular formula is C20H27NO2. The zero-order chi connectivity index (χ0) is 16.5. The highest BCUT2D eigenvalue weighted by atomic mass is 16.5. The molecule has 2 aromatic carbocycles. The van der Waals surface area contributed by atoms with E-state index in [9.17, 15) is 5.11 Å². The predicted octanol–water partition coefficient (Wildman–Crippen LogP) is 3.93. The third kappa shape index (κ3) is 5.38. The maximum absolute atomic E-state index is 10.6. The molecule has 0 bridgehead atoms. The normalized spacial score (nSPS) is 13.5. The summed E-state index contributed by atoms with van der Waals surface area (Å²) in [6, 6.07) is 18.0. The molecule has 2 N–H and O–H groups in total. The van der Waals surface area contributed by atoms with Crippen molar-refractivity contribution in [2.45, 2.75) is 32.4 Å². The van der Waals surface area contributed by atoms with Crippen molar-refractivity contribution in [3.05, 3.63) is 65.7 Å². The zero-order valence-electron chi connectivity index (χ0n) is 14.0. The van der Waals surface area contributed by atoms with Gasteiger partial charge in [-0.05, 0) is 29.7 Å². The Kier molecular flexibility index (Phi) is 7.11. The van der Waals surface area contributed by atoms with Crippen LogP contribution in [0.5, 0.6) is 5.75 Å². The third-order valence-electron chi connectivity index (χ3n) is 4.14. The first-order valence-electron chi connectivity index (χ1n) is 8.31. The Labute approximate surface area is 139 Å². The van der Waals surface area contributed by atoms with Crippen LogP contribution < -0.4 is 10.1 Å². The Morgan fingerprint density at radius 3 is 2.35 bits per heavy atom. The van der Waals surface area contributed by atoms with E-state index in [0.29, 0.717) is 0 Å². The van der Waals surface area contributed by atoms with E-state index in [1.54, 1.807) is 7.11 Å². The van der Waals surface area contributed by atoms with Crippen molar-refractivity contribution in [3.63, 3.8) is 0 Å². The van der Waals surface area contributed by atoms with Crippen LogP contribution in [0, 0.1) is 5.92 Å². The van der Waals surface area contributed by atoms with Crippen molar-refractivity contribution in [3.8, 4) is 5.75 Å². The SMILES string of the molecule is CCC[C@H](CNCc1ccc(OC)cc1)[C@@H](O)c1ccccc1. The average molecular weight is 313 g/mol. The van der Waals surface area contributed by atoms with Gasteiger partial charge >= 0.3 is 0 Å². The van der Waals surface area contributed by atoms with E-state index >= 15 is 0 Å². The van der Waals surface area contributed by atoms with Crippen LogP contribution >= 0.6 is 0 Å². The van der Waals surface area contributed by atoms with Crippen molar-refractivity contribution in [2.75, 3.05) is 13.7 Å². The number of hydrogen-bond acceptors (Lipinski definition) is 3. The van der Waals surface area contributed by atoms with Crippen molar-refractivity contribution in [1.82, 2.24) is 5.32 Å². The molecule has 0 saturated heterocycles.